The number of nitrogens with one attached hydrogen (secondary N) is 1. The maximum atomic E-state index is 12.1. The number of rotatable bonds is 6. The Morgan fingerprint density at radius 3 is 2.77 bits per heavy atom. The molecule has 1 amide bonds. The normalized spacial score (nSPS) is 10.4. The number of hydrogen-bond acceptors (Lipinski definition) is 4. The molecule has 0 aliphatic carbocycles. The Balaban J connectivity index is 1.63. The van der Waals surface area contributed by atoms with E-state index >= 15 is 0 Å². The van der Waals surface area contributed by atoms with E-state index in [9.17, 15) is 4.79 Å². The van der Waals surface area contributed by atoms with E-state index in [2.05, 4.69) is 10.3 Å². The van der Waals surface area contributed by atoms with Gasteiger partial charge in [-0.05, 0) is 42.8 Å². The number of aryl methyl sites for hydroxylation is 1. The van der Waals surface area contributed by atoms with E-state index < -0.39 is 0 Å². The molecule has 0 saturated heterocycles. The Morgan fingerprint density at radius 1 is 1.23 bits per heavy atom. The molecule has 7 heteroatoms. The Labute approximate surface area is 156 Å². The fraction of sp³-hybridized carbons (Fsp3) is 0.158. The number of methoxy groups -OCH3 is 1. The number of carbonyl (C=O) groups is 1. The third-order valence-corrected chi connectivity index (χ3v) is 3.99. The number of carbonyl (C=O) groups excluding carboxylic acids is 1. The largest absolute Gasteiger partial charge is 0.493 e. The molecule has 0 atom stereocenters. The highest BCUT2D eigenvalue weighted by Crippen LogP contribution is 2.28. The van der Waals surface area contributed by atoms with E-state index in [4.69, 9.17) is 21.1 Å². The van der Waals surface area contributed by atoms with Crippen molar-refractivity contribution in [3.8, 4) is 17.2 Å². The Kier molecular flexibility index (Phi) is 5.43. The summed E-state index contributed by atoms with van der Waals surface area (Å²) in [6.45, 7) is 1.82. The minimum Gasteiger partial charge on any atom is -0.493 e. The van der Waals surface area contributed by atoms with Crippen LogP contribution in [0.25, 0.3) is 5.69 Å². The van der Waals surface area contributed by atoms with Crippen LogP contribution < -0.4 is 14.8 Å². The lowest BCUT2D eigenvalue weighted by Crippen LogP contribution is -2.20. The molecule has 6 nitrogen and oxygen atoms in total. The van der Waals surface area contributed by atoms with E-state index in [0.29, 0.717) is 22.2 Å². The van der Waals surface area contributed by atoms with Gasteiger partial charge in [0.25, 0.3) is 5.91 Å². The summed E-state index contributed by atoms with van der Waals surface area (Å²) in [6, 6.07) is 10.8. The predicted octanol–water partition coefficient (Wildman–Crippen LogP) is 3.86. The van der Waals surface area contributed by atoms with Crippen molar-refractivity contribution in [1.29, 1.82) is 0 Å². The van der Waals surface area contributed by atoms with Crippen molar-refractivity contribution in [2.45, 2.75) is 6.92 Å². The first-order valence-corrected chi connectivity index (χ1v) is 8.30. The van der Waals surface area contributed by atoms with E-state index in [0.717, 1.165) is 11.3 Å². The van der Waals surface area contributed by atoms with Crippen molar-refractivity contribution in [3.05, 3.63) is 65.7 Å². The van der Waals surface area contributed by atoms with Crippen molar-refractivity contribution in [2.24, 2.45) is 0 Å². The van der Waals surface area contributed by atoms with Gasteiger partial charge in [-0.25, -0.2) is 4.98 Å². The summed E-state index contributed by atoms with van der Waals surface area (Å²) in [5.41, 5.74) is 2.41. The van der Waals surface area contributed by atoms with Crippen molar-refractivity contribution >= 4 is 23.2 Å². The second kappa shape index (κ2) is 7.93. The molecule has 134 valence electrons. The number of nitrogens with zero attached hydrogens (tertiary/aromatic N) is 2. The quantitative estimate of drug-likeness (QED) is 0.714. The molecule has 2 aromatic carbocycles. The molecule has 0 radical (unpaired) electrons. The molecule has 1 N–H and O–H groups in total. The zero-order valence-electron chi connectivity index (χ0n) is 14.4. The lowest BCUT2D eigenvalue weighted by Gasteiger charge is -2.12. The molecule has 0 aliphatic heterocycles. The molecule has 3 rings (SSSR count). The SMILES string of the molecule is COc1cc(C)ccc1OCC(=O)Nc1ccc(-n2ccnc2)c(Cl)c1. The second-order valence-corrected chi connectivity index (χ2v) is 6.03. The molecule has 0 fully saturated rings. The zero-order valence-corrected chi connectivity index (χ0v) is 15.2. The van der Waals surface area contributed by atoms with Gasteiger partial charge in [-0.3, -0.25) is 4.79 Å². The van der Waals surface area contributed by atoms with Crippen LogP contribution in [0.5, 0.6) is 11.5 Å². The average molecular weight is 372 g/mol. The molecule has 26 heavy (non-hydrogen) atoms. The maximum absolute atomic E-state index is 12.1. The van der Waals surface area contributed by atoms with Gasteiger partial charge >= 0.3 is 0 Å². The van der Waals surface area contributed by atoms with E-state index in [1.807, 2.05) is 25.1 Å². The molecule has 1 heterocycles. The van der Waals surface area contributed by atoms with Crippen LogP contribution >= 0.6 is 11.6 Å². The van der Waals surface area contributed by atoms with Gasteiger partial charge in [0.15, 0.2) is 18.1 Å². The van der Waals surface area contributed by atoms with Crippen LogP contribution in [0.4, 0.5) is 5.69 Å². The lowest BCUT2D eigenvalue weighted by atomic mass is 10.2. The molecule has 3 aromatic rings. The maximum Gasteiger partial charge on any atom is 0.262 e. The first-order chi connectivity index (χ1) is 12.6. The van der Waals surface area contributed by atoms with Crippen LogP contribution in [0.15, 0.2) is 55.1 Å². The third-order valence-electron chi connectivity index (χ3n) is 3.69. The monoisotopic (exact) mass is 371 g/mol. The third kappa shape index (κ3) is 4.15. The minimum absolute atomic E-state index is 0.139. The van der Waals surface area contributed by atoms with Crippen molar-refractivity contribution in [3.63, 3.8) is 0 Å². The van der Waals surface area contributed by atoms with Crippen LogP contribution in [0.3, 0.4) is 0 Å². The van der Waals surface area contributed by atoms with Crippen molar-refractivity contribution < 1.29 is 14.3 Å². The van der Waals surface area contributed by atoms with Gasteiger partial charge in [-0.2, -0.15) is 0 Å². The number of hydrogen-bond donors (Lipinski definition) is 1. The predicted molar refractivity (Wildman–Crippen MR) is 100 cm³/mol. The molecule has 0 bridgehead atoms. The van der Waals surface area contributed by atoms with Gasteiger partial charge in [0.05, 0.1) is 24.1 Å². The summed E-state index contributed by atoms with van der Waals surface area (Å²) in [4.78, 5) is 16.1. The van der Waals surface area contributed by atoms with Crippen LogP contribution in [0, 0.1) is 6.92 Å². The Bertz CT molecular complexity index is 910. The highest BCUT2D eigenvalue weighted by molar-refractivity contribution is 6.32. The van der Waals surface area contributed by atoms with E-state index in [-0.39, 0.29) is 12.5 Å². The van der Waals surface area contributed by atoms with Crippen LogP contribution in [-0.4, -0.2) is 29.2 Å². The fourth-order valence-corrected chi connectivity index (χ4v) is 2.71. The molecule has 0 spiro atoms. The number of anilines is 1. The topological polar surface area (TPSA) is 65.4 Å². The highest BCUT2D eigenvalue weighted by Gasteiger charge is 2.10. The summed E-state index contributed by atoms with van der Waals surface area (Å²) in [7, 11) is 1.56. The van der Waals surface area contributed by atoms with Gasteiger partial charge in [-0.1, -0.05) is 17.7 Å². The van der Waals surface area contributed by atoms with Gasteiger partial charge < -0.3 is 19.4 Å². The summed E-state index contributed by atoms with van der Waals surface area (Å²) < 4.78 is 12.6. The van der Waals surface area contributed by atoms with Gasteiger partial charge in [0.1, 0.15) is 0 Å². The second-order valence-electron chi connectivity index (χ2n) is 5.63. The van der Waals surface area contributed by atoms with E-state index in [1.54, 1.807) is 48.6 Å². The summed E-state index contributed by atoms with van der Waals surface area (Å²) in [5.74, 6) is 0.811. The summed E-state index contributed by atoms with van der Waals surface area (Å²) >= 11 is 6.28. The van der Waals surface area contributed by atoms with Gasteiger partial charge in [-0.15, -0.1) is 0 Å². The smallest absolute Gasteiger partial charge is 0.262 e. The number of aromatic nitrogens is 2. The highest BCUT2D eigenvalue weighted by atomic mass is 35.5. The lowest BCUT2D eigenvalue weighted by molar-refractivity contribution is -0.118. The number of benzene rings is 2. The average Bonchev–Trinajstić information content (AvgIpc) is 3.15. The van der Waals surface area contributed by atoms with Gasteiger partial charge in [0, 0.05) is 18.1 Å². The number of imidazole rings is 1. The first kappa shape index (κ1) is 17.8. The number of ether oxygens (including phenoxy) is 2. The molecular weight excluding hydrogens is 354 g/mol. The Morgan fingerprint density at radius 2 is 2.08 bits per heavy atom. The fourth-order valence-electron chi connectivity index (χ4n) is 2.43. The van der Waals surface area contributed by atoms with Crippen LogP contribution in [-0.2, 0) is 4.79 Å². The molecule has 0 aliphatic rings. The summed E-state index contributed by atoms with van der Waals surface area (Å²) in [6.07, 6.45) is 5.12. The standard InChI is InChI=1S/C19H18ClN3O3/c1-13-3-6-17(18(9-13)25-2)26-11-19(24)22-14-4-5-16(15(20)10-14)23-8-7-21-12-23/h3-10,12H,11H2,1-2H3,(H,22,24). The Hall–Kier alpha value is -2.99. The van der Waals surface area contributed by atoms with Crippen LogP contribution in [0.1, 0.15) is 5.56 Å². The molecule has 1 aromatic heterocycles. The first-order valence-electron chi connectivity index (χ1n) is 7.92. The molecule has 0 unspecified atom stereocenters. The van der Waals surface area contributed by atoms with E-state index in [1.165, 1.54) is 0 Å². The van der Waals surface area contributed by atoms with Crippen molar-refractivity contribution in [1.82, 2.24) is 9.55 Å². The summed E-state index contributed by atoms with van der Waals surface area (Å²) in [5, 5.41) is 3.26. The minimum atomic E-state index is -0.293. The van der Waals surface area contributed by atoms with Crippen LogP contribution in [0.2, 0.25) is 5.02 Å². The molecule has 0 saturated carbocycles. The van der Waals surface area contributed by atoms with Crippen molar-refractivity contribution in [2.75, 3.05) is 19.0 Å². The number of halogens is 1. The van der Waals surface area contributed by atoms with Gasteiger partial charge in [0.2, 0.25) is 0 Å². The number of amides is 1. The zero-order chi connectivity index (χ0) is 18.5. The molecular formula is C19H18ClN3O3.